The van der Waals surface area contributed by atoms with Crippen LogP contribution in [-0.2, 0) is 4.74 Å². The summed E-state index contributed by atoms with van der Waals surface area (Å²) in [5, 5.41) is 20.8. The van der Waals surface area contributed by atoms with Crippen molar-refractivity contribution in [3.63, 3.8) is 0 Å². The van der Waals surface area contributed by atoms with Gasteiger partial charge in [-0.25, -0.2) is 4.79 Å². The molecular formula is C26H29N3O4. The number of aromatic hydroxyl groups is 2. The Hall–Kier alpha value is -3.87. The van der Waals surface area contributed by atoms with Gasteiger partial charge in [0.25, 0.3) is 0 Å². The van der Waals surface area contributed by atoms with Crippen molar-refractivity contribution in [2.24, 2.45) is 0 Å². The van der Waals surface area contributed by atoms with Gasteiger partial charge in [-0.05, 0) is 75.2 Å². The Morgan fingerprint density at radius 3 is 2.42 bits per heavy atom. The summed E-state index contributed by atoms with van der Waals surface area (Å²) in [5.41, 5.74) is 3.84. The van der Waals surface area contributed by atoms with E-state index in [4.69, 9.17) is 9.84 Å². The number of aromatic amines is 2. The fourth-order valence-electron chi connectivity index (χ4n) is 3.82. The molecule has 0 spiro atoms. The first-order valence-electron chi connectivity index (χ1n) is 10.9. The minimum Gasteiger partial charge on any atom is -0.508 e. The van der Waals surface area contributed by atoms with Gasteiger partial charge in [-0.3, -0.25) is 0 Å². The van der Waals surface area contributed by atoms with Crippen LogP contribution in [0.15, 0.2) is 60.9 Å². The number of rotatable bonds is 1. The Morgan fingerprint density at radius 2 is 1.73 bits per heavy atom. The molecule has 1 aliphatic rings. The lowest BCUT2D eigenvalue weighted by atomic mass is 9.99. The van der Waals surface area contributed by atoms with E-state index in [1.807, 2.05) is 51.4 Å². The number of phenolic OH excluding ortho intramolecular Hbond substituents is 2. The summed E-state index contributed by atoms with van der Waals surface area (Å²) < 4.78 is 5.41. The molecule has 0 atom stereocenters. The maximum atomic E-state index is 12.1. The third-order valence-corrected chi connectivity index (χ3v) is 5.41. The van der Waals surface area contributed by atoms with Crippen molar-refractivity contribution >= 4 is 33.5 Å². The molecule has 3 heterocycles. The largest absolute Gasteiger partial charge is 0.508 e. The molecule has 0 aliphatic carbocycles. The second-order valence-electron chi connectivity index (χ2n) is 9.09. The average Bonchev–Trinajstić information content (AvgIpc) is 3.39. The number of hydrogen-bond acceptors (Lipinski definition) is 4. The third kappa shape index (κ3) is 5.31. The lowest BCUT2D eigenvalue weighted by molar-refractivity contribution is 0.0270. The molecule has 7 heteroatoms. The van der Waals surface area contributed by atoms with Gasteiger partial charge in [-0.15, -0.1) is 0 Å². The zero-order valence-electron chi connectivity index (χ0n) is 19.1. The number of nitrogens with one attached hydrogen (secondary N) is 2. The Bertz CT molecular complexity index is 1310. The van der Waals surface area contributed by atoms with Crippen LogP contribution < -0.4 is 0 Å². The first-order chi connectivity index (χ1) is 15.7. The molecule has 0 fully saturated rings. The summed E-state index contributed by atoms with van der Waals surface area (Å²) in [6.45, 7) is 6.78. The van der Waals surface area contributed by atoms with Gasteiger partial charge in [0, 0.05) is 52.9 Å². The summed E-state index contributed by atoms with van der Waals surface area (Å²) in [5.74, 6) is 0.567. The van der Waals surface area contributed by atoms with Gasteiger partial charge in [0.05, 0.1) is 0 Å². The van der Waals surface area contributed by atoms with Crippen LogP contribution in [0, 0.1) is 0 Å². The van der Waals surface area contributed by atoms with E-state index in [0.29, 0.717) is 18.8 Å². The minimum atomic E-state index is -0.477. The minimum absolute atomic E-state index is 0.255. The number of phenols is 2. The van der Waals surface area contributed by atoms with Gasteiger partial charge in [-0.1, -0.05) is 6.08 Å². The van der Waals surface area contributed by atoms with Crippen molar-refractivity contribution in [2.75, 3.05) is 13.1 Å². The molecule has 2 aromatic heterocycles. The van der Waals surface area contributed by atoms with Crippen molar-refractivity contribution < 1.29 is 19.7 Å². The number of carbonyl (C=O) groups excluding carboxylic acids is 1. The van der Waals surface area contributed by atoms with Crippen molar-refractivity contribution in [2.45, 2.75) is 32.8 Å². The molecule has 2 aromatic carbocycles. The Labute approximate surface area is 192 Å². The molecule has 4 N–H and O–H groups in total. The number of nitrogens with zero attached hydrogens (tertiary/aromatic N) is 1. The highest BCUT2D eigenvalue weighted by Crippen LogP contribution is 2.31. The highest BCUT2D eigenvalue weighted by molar-refractivity contribution is 5.93. The van der Waals surface area contributed by atoms with E-state index in [-0.39, 0.29) is 11.8 Å². The topological polar surface area (TPSA) is 102 Å². The first kappa shape index (κ1) is 22.3. The quantitative estimate of drug-likeness (QED) is 0.297. The number of ether oxygens (including phenoxy) is 1. The van der Waals surface area contributed by atoms with E-state index in [2.05, 4.69) is 16.0 Å². The Balaban J connectivity index is 0.000000214. The van der Waals surface area contributed by atoms with Crippen LogP contribution in [0.5, 0.6) is 11.5 Å². The SMILES string of the molecule is CC(C)(C)OC(=O)N1CC=C(c2c[nH]c3ccc(O)cc23)CC1.Oc1ccc2[nH]ccc2c1. The molecule has 0 unspecified atom stereocenters. The zero-order chi connectivity index (χ0) is 23.6. The predicted molar refractivity (Wildman–Crippen MR) is 130 cm³/mol. The lowest BCUT2D eigenvalue weighted by Crippen LogP contribution is -2.39. The summed E-state index contributed by atoms with van der Waals surface area (Å²) in [6, 6.07) is 12.5. The number of H-pyrrole nitrogens is 2. The van der Waals surface area contributed by atoms with Gasteiger partial charge in [0.1, 0.15) is 17.1 Å². The maximum Gasteiger partial charge on any atom is 0.410 e. The standard InChI is InChI=1S/C18H22N2O3.C8H7NO/c1-18(2,3)23-17(22)20-8-6-12(7-9-20)15-11-19-16-5-4-13(21)10-14(15)16;10-7-1-2-8-6(5-7)3-4-9-8/h4-6,10-11,19,21H,7-9H2,1-3H3;1-5,9-10H. The van der Waals surface area contributed by atoms with E-state index < -0.39 is 5.60 Å². The molecule has 1 amide bonds. The number of fused-ring (bicyclic) bond motifs is 2. The van der Waals surface area contributed by atoms with Crippen LogP contribution in [0.25, 0.3) is 27.4 Å². The maximum absolute atomic E-state index is 12.1. The second-order valence-corrected chi connectivity index (χ2v) is 9.09. The molecule has 4 aromatic rings. The Kier molecular flexibility index (Phi) is 6.05. The number of hydrogen-bond donors (Lipinski definition) is 4. The smallest absolute Gasteiger partial charge is 0.410 e. The summed E-state index contributed by atoms with van der Waals surface area (Å²) >= 11 is 0. The lowest BCUT2D eigenvalue weighted by Gasteiger charge is -2.29. The van der Waals surface area contributed by atoms with Crippen LogP contribution in [0.3, 0.4) is 0 Å². The van der Waals surface area contributed by atoms with Gasteiger partial charge in [0.15, 0.2) is 0 Å². The predicted octanol–water partition coefficient (Wildman–Crippen LogP) is 5.77. The van der Waals surface area contributed by atoms with Gasteiger partial charge >= 0.3 is 6.09 Å². The average molecular weight is 448 g/mol. The van der Waals surface area contributed by atoms with E-state index in [1.54, 1.807) is 29.2 Å². The molecule has 0 bridgehead atoms. The zero-order valence-corrected chi connectivity index (χ0v) is 19.1. The van der Waals surface area contributed by atoms with Crippen molar-refractivity contribution in [1.82, 2.24) is 14.9 Å². The number of amides is 1. The van der Waals surface area contributed by atoms with Crippen LogP contribution in [0.1, 0.15) is 32.8 Å². The van der Waals surface area contributed by atoms with E-state index in [1.165, 1.54) is 5.57 Å². The van der Waals surface area contributed by atoms with Crippen LogP contribution in [0.2, 0.25) is 0 Å². The molecular weight excluding hydrogens is 418 g/mol. The normalized spacial score (nSPS) is 14.0. The summed E-state index contributed by atoms with van der Waals surface area (Å²) in [6.07, 6.45) is 6.36. The number of aromatic nitrogens is 2. The molecule has 33 heavy (non-hydrogen) atoms. The molecule has 0 saturated carbocycles. The highest BCUT2D eigenvalue weighted by Gasteiger charge is 2.24. The Morgan fingerprint density at radius 1 is 1.00 bits per heavy atom. The molecule has 0 radical (unpaired) electrons. The fraction of sp³-hybridized carbons (Fsp3) is 0.269. The van der Waals surface area contributed by atoms with E-state index >= 15 is 0 Å². The van der Waals surface area contributed by atoms with Gasteiger partial charge < -0.3 is 29.8 Å². The second kappa shape index (κ2) is 8.94. The fourth-order valence-corrected chi connectivity index (χ4v) is 3.82. The summed E-state index contributed by atoms with van der Waals surface area (Å²) in [4.78, 5) is 20.1. The van der Waals surface area contributed by atoms with Crippen LogP contribution in [-0.4, -0.2) is 49.9 Å². The van der Waals surface area contributed by atoms with Crippen LogP contribution >= 0.6 is 0 Å². The van der Waals surface area contributed by atoms with E-state index in [9.17, 15) is 9.90 Å². The van der Waals surface area contributed by atoms with E-state index in [0.717, 1.165) is 33.8 Å². The van der Waals surface area contributed by atoms with Gasteiger partial charge in [-0.2, -0.15) is 0 Å². The number of benzene rings is 2. The first-order valence-corrected chi connectivity index (χ1v) is 10.9. The van der Waals surface area contributed by atoms with Crippen molar-refractivity contribution in [3.8, 4) is 11.5 Å². The van der Waals surface area contributed by atoms with Crippen molar-refractivity contribution in [3.05, 3.63) is 66.5 Å². The molecule has 5 rings (SSSR count). The monoisotopic (exact) mass is 447 g/mol. The third-order valence-electron chi connectivity index (χ3n) is 5.41. The highest BCUT2D eigenvalue weighted by atomic mass is 16.6. The summed E-state index contributed by atoms with van der Waals surface area (Å²) in [7, 11) is 0. The van der Waals surface area contributed by atoms with Crippen molar-refractivity contribution in [1.29, 1.82) is 0 Å². The number of carbonyl (C=O) groups is 1. The molecule has 1 aliphatic heterocycles. The van der Waals surface area contributed by atoms with Gasteiger partial charge in [0.2, 0.25) is 0 Å². The molecule has 7 nitrogen and oxygen atoms in total. The molecule has 0 saturated heterocycles. The van der Waals surface area contributed by atoms with Crippen LogP contribution in [0.4, 0.5) is 4.79 Å². The molecule has 172 valence electrons.